The molecule has 2 aromatic heterocycles. The van der Waals surface area contributed by atoms with Gasteiger partial charge in [0.05, 0.1) is 35.2 Å². The number of nitrogens with one attached hydrogen (secondary N) is 1. The Hall–Kier alpha value is -1.54. The predicted octanol–water partition coefficient (Wildman–Crippen LogP) is 2.26. The third-order valence-electron chi connectivity index (χ3n) is 2.43. The molecule has 0 aliphatic heterocycles. The quantitative estimate of drug-likeness (QED) is 0.932. The van der Waals surface area contributed by atoms with Crippen LogP contribution in [0, 0.1) is 0 Å². The Morgan fingerprint density at radius 2 is 2.11 bits per heavy atom. The highest BCUT2D eigenvalue weighted by molar-refractivity contribution is 6.99. The summed E-state index contributed by atoms with van der Waals surface area (Å²) < 4.78 is 46.5. The van der Waals surface area contributed by atoms with Crippen LogP contribution in [0.15, 0.2) is 24.7 Å². The number of alkyl halides is 3. The topological polar surface area (TPSA) is 50.7 Å². The van der Waals surface area contributed by atoms with E-state index in [1.165, 1.54) is 12.4 Å². The van der Waals surface area contributed by atoms with Gasteiger partial charge in [-0.25, -0.2) is 0 Å². The first-order chi connectivity index (χ1) is 8.54. The van der Waals surface area contributed by atoms with Crippen LogP contribution < -0.4 is 5.32 Å². The first-order valence-corrected chi connectivity index (χ1v) is 5.73. The van der Waals surface area contributed by atoms with Gasteiger partial charge >= 0.3 is 6.18 Å². The maximum atomic E-state index is 12.9. The molecule has 8 heteroatoms. The Morgan fingerprint density at radius 3 is 2.67 bits per heavy atom. The molecule has 1 unspecified atom stereocenters. The summed E-state index contributed by atoms with van der Waals surface area (Å²) in [7, 11) is 1.57. The van der Waals surface area contributed by atoms with Gasteiger partial charge in [0.15, 0.2) is 0 Å². The lowest BCUT2D eigenvalue weighted by molar-refractivity contribution is -0.138. The number of pyridine rings is 1. The number of rotatable bonds is 3. The summed E-state index contributed by atoms with van der Waals surface area (Å²) in [4.78, 5) is 3.75. The summed E-state index contributed by atoms with van der Waals surface area (Å²) in [6.07, 6.45) is -0.655. The summed E-state index contributed by atoms with van der Waals surface area (Å²) in [6, 6.07) is 0.286. The molecule has 0 saturated heterocycles. The summed E-state index contributed by atoms with van der Waals surface area (Å²) in [5.41, 5.74) is -0.231. The van der Waals surface area contributed by atoms with Gasteiger partial charge in [0.2, 0.25) is 0 Å². The van der Waals surface area contributed by atoms with Gasteiger partial charge in [-0.1, -0.05) is 0 Å². The maximum Gasteiger partial charge on any atom is 0.416 e. The van der Waals surface area contributed by atoms with Crippen molar-refractivity contribution in [3.8, 4) is 0 Å². The molecule has 18 heavy (non-hydrogen) atoms. The zero-order valence-corrected chi connectivity index (χ0v) is 10.1. The average Bonchev–Trinajstić information content (AvgIpc) is 2.83. The second kappa shape index (κ2) is 4.99. The van der Waals surface area contributed by atoms with E-state index in [0.29, 0.717) is 5.69 Å². The first-order valence-electron chi connectivity index (χ1n) is 5.00. The highest BCUT2D eigenvalue weighted by atomic mass is 32.1. The molecular weight excluding hydrogens is 265 g/mol. The Bertz CT molecular complexity index is 512. The number of aromatic nitrogens is 3. The van der Waals surface area contributed by atoms with Crippen LogP contribution >= 0.6 is 11.7 Å². The highest BCUT2D eigenvalue weighted by Crippen LogP contribution is 2.35. The van der Waals surface area contributed by atoms with Crippen LogP contribution in [-0.4, -0.2) is 20.8 Å². The molecule has 0 saturated carbocycles. The van der Waals surface area contributed by atoms with Gasteiger partial charge in [-0.3, -0.25) is 4.98 Å². The van der Waals surface area contributed by atoms with Crippen LogP contribution in [0.1, 0.15) is 22.9 Å². The fraction of sp³-hybridized carbons (Fsp3) is 0.300. The van der Waals surface area contributed by atoms with E-state index < -0.39 is 17.8 Å². The molecule has 0 aliphatic rings. The van der Waals surface area contributed by atoms with Gasteiger partial charge in [0, 0.05) is 18.0 Å². The molecule has 2 heterocycles. The molecule has 0 aromatic carbocycles. The number of hydrogen-bond acceptors (Lipinski definition) is 5. The van der Waals surface area contributed by atoms with Gasteiger partial charge in [0.25, 0.3) is 0 Å². The van der Waals surface area contributed by atoms with Crippen molar-refractivity contribution in [3.05, 3.63) is 41.5 Å². The molecule has 2 aromatic rings. The third-order valence-corrected chi connectivity index (χ3v) is 2.92. The molecule has 2 rings (SSSR count). The predicted molar refractivity (Wildman–Crippen MR) is 60.1 cm³/mol. The van der Waals surface area contributed by atoms with Crippen molar-refractivity contribution in [1.82, 2.24) is 19.0 Å². The number of nitrogens with zero attached hydrogens (tertiary/aromatic N) is 3. The molecule has 1 atom stereocenters. The van der Waals surface area contributed by atoms with Crippen LogP contribution in [0.5, 0.6) is 0 Å². The molecule has 0 radical (unpaired) electrons. The monoisotopic (exact) mass is 274 g/mol. The number of hydrogen-bond donors (Lipinski definition) is 1. The van der Waals surface area contributed by atoms with E-state index >= 15 is 0 Å². The summed E-state index contributed by atoms with van der Waals surface area (Å²) in [5, 5.41) is 2.80. The van der Waals surface area contributed by atoms with Crippen LogP contribution in [0.4, 0.5) is 13.2 Å². The van der Waals surface area contributed by atoms with E-state index in [1.807, 2.05) is 0 Å². The van der Waals surface area contributed by atoms with Crippen molar-refractivity contribution in [2.24, 2.45) is 0 Å². The van der Waals surface area contributed by atoms with E-state index in [2.05, 4.69) is 19.0 Å². The van der Waals surface area contributed by atoms with Crippen LogP contribution in [0.25, 0.3) is 0 Å². The first kappa shape index (κ1) is 12.9. The summed E-state index contributed by atoms with van der Waals surface area (Å²) in [5.74, 6) is 0. The van der Waals surface area contributed by atoms with Gasteiger partial charge < -0.3 is 5.32 Å². The molecule has 96 valence electrons. The Morgan fingerprint density at radius 1 is 1.33 bits per heavy atom. The molecule has 0 amide bonds. The van der Waals surface area contributed by atoms with E-state index in [0.717, 1.165) is 24.0 Å². The van der Waals surface area contributed by atoms with Crippen LogP contribution in [-0.2, 0) is 6.18 Å². The Kier molecular flexibility index (Phi) is 3.58. The van der Waals surface area contributed by atoms with Gasteiger partial charge in [-0.05, 0) is 13.1 Å². The minimum atomic E-state index is -4.42. The summed E-state index contributed by atoms with van der Waals surface area (Å²) >= 11 is 0.950. The van der Waals surface area contributed by atoms with Crippen molar-refractivity contribution in [1.29, 1.82) is 0 Å². The van der Waals surface area contributed by atoms with Crippen LogP contribution in [0.2, 0.25) is 0 Å². The Labute approximate surface area is 105 Å². The molecular formula is C10H9F3N4S. The minimum Gasteiger partial charge on any atom is -0.308 e. The molecule has 0 fully saturated rings. The second-order valence-corrected chi connectivity index (χ2v) is 4.07. The highest BCUT2D eigenvalue weighted by Gasteiger charge is 2.35. The Balaban J connectivity index is 2.50. The standard InChI is InChI=1S/C10H9F3N4S/c1-14-9(8-5-16-18-17-8)6-4-15-3-2-7(6)10(11,12)13/h2-5,9,14H,1H3. The van der Waals surface area contributed by atoms with E-state index in [1.54, 1.807) is 7.05 Å². The van der Waals surface area contributed by atoms with Crippen LogP contribution in [0.3, 0.4) is 0 Å². The normalized spacial score (nSPS) is 13.6. The lowest BCUT2D eigenvalue weighted by Gasteiger charge is -2.18. The second-order valence-electron chi connectivity index (χ2n) is 3.51. The van der Waals surface area contributed by atoms with Gasteiger partial charge in [-0.2, -0.15) is 21.9 Å². The SMILES string of the molecule is CNC(c1cnsn1)c1cnccc1C(F)(F)F. The fourth-order valence-corrected chi connectivity index (χ4v) is 2.11. The van der Waals surface area contributed by atoms with E-state index in [-0.39, 0.29) is 5.56 Å². The molecule has 0 aliphatic carbocycles. The lowest BCUT2D eigenvalue weighted by Crippen LogP contribution is -2.22. The van der Waals surface area contributed by atoms with E-state index in [9.17, 15) is 13.2 Å². The van der Waals surface area contributed by atoms with Crippen molar-refractivity contribution >= 4 is 11.7 Å². The maximum absolute atomic E-state index is 12.9. The van der Waals surface area contributed by atoms with Gasteiger partial charge in [-0.15, -0.1) is 0 Å². The number of halogens is 3. The molecule has 4 nitrogen and oxygen atoms in total. The zero-order valence-electron chi connectivity index (χ0n) is 9.27. The smallest absolute Gasteiger partial charge is 0.308 e. The third kappa shape index (κ3) is 2.49. The van der Waals surface area contributed by atoms with Crippen molar-refractivity contribution < 1.29 is 13.2 Å². The fourth-order valence-electron chi connectivity index (χ4n) is 1.66. The summed E-state index contributed by atoms with van der Waals surface area (Å²) in [6.45, 7) is 0. The molecule has 0 spiro atoms. The largest absolute Gasteiger partial charge is 0.416 e. The molecule has 1 N–H and O–H groups in total. The average molecular weight is 274 g/mol. The minimum absolute atomic E-state index is 0.0419. The van der Waals surface area contributed by atoms with Crippen molar-refractivity contribution in [3.63, 3.8) is 0 Å². The molecule has 0 bridgehead atoms. The zero-order chi connectivity index (χ0) is 13.2. The van der Waals surface area contributed by atoms with Crippen molar-refractivity contribution in [2.45, 2.75) is 12.2 Å². The lowest BCUT2D eigenvalue weighted by atomic mass is 10.0. The van der Waals surface area contributed by atoms with E-state index in [4.69, 9.17) is 0 Å². The van der Waals surface area contributed by atoms with Gasteiger partial charge in [0.1, 0.15) is 0 Å². The van der Waals surface area contributed by atoms with Crippen molar-refractivity contribution in [2.75, 3.05) is 7.05 Å².